The number of amides is 2. The second-order valence-electron chi connectivity index (χ2n) is 9.90. The molecular formula is C25H31F3N6O3. The lowest BCUT2D eigenvalue weighted by Gasteiger charge is -2.41. The molecule has 4 rings (SSSR count). The van der Waals surface area contributed by atoms with Gasteiger partial charge in [0.25, 0.3) is 5.91 Å². The van der Waals surface area contributed by atoms with Gasteiger partial charge in [0.15, 0.2) is 12.4 Å². The highest BCUT2D eigenvalue weighted by Crippen LogP contribution is 2.35. The van der Waals surface area contributed by atoms with Crippen molar-refractivity contribution in [1.29, 1.82) is 0 Å². The molecule has 1 atom stereocenters. The Kier molecular flexibility index (Phi) is 7.20. The first-order valence-electron chi connectivity index (χ1n) is 12.1. The summed E-state index contributed by atoms with van der Waals surface area (Å²) in [5.41, 5.74) is 0.504. The summed E-state index contributed by atoms with van der Waals surface area (Å²) >= 11 is 0. The molecule has 2 aliphatic rings. The first-order chi connectivity index (χ1) is 17.3. The molecule has 37 heavy (non-hydrogen) atoms. The van der Waals surface area contributed by atoms with Crippen LogP contribution in [0.25, 0.3) is 0 Å². The van der Waals surface area contributed by atoms with Crippen molar-refractivity contribution in [2.45, 2.75) is 57.9 Å². The molecule has 0 saturated heterocycles. The lowest BCUT2D eigenvalue weighted by Crippen LogP contribution is -2.52. The average Bonchev–Trinajstić information content (AvgIpc) is 2.79. The van der Waals surface area contributed by atoms with Crippen molar-refractivity contribution in [3.63, 3.8) is 0 Å². The fourth-order valence-corrected chi connectivity index (χ4v) is 4.67. The molecule has 12 heteroatoms. The Morgan fingerprint density at radius 2 is 1.89 bits per heavy atom. The van der Waals surface area contributed by atoms with E-state index in [1.807, 2.05) is 32.7 Å². The van der Waals surface area contributed by atoms with E-state index in [4.69, 9.17) is 4.74 Å². The van der Waals surface area contributed by atoms with Crippen molar-refractivity contribution in [3.8, 4) is 5.75 Å². The molecule has 0 unspecified atom stereocenters. The zero-order valence-corrected chi connectivity index (χ0v) is 21.4. The molecule has 0 bridgehead atoms. The Bertz CT molecular complexity index is 1170. The number of benzene rings is 1. The summed E-state index contributed by atoms with van der Waals surface area (Å²) < 4.78 is 43.4. The van der Waals surface area contributed by atoms with Crippen LogP contribution in [0.5, 0.6) is 5.75 Å². The molecule has 2 N–H and O–H groups in total. The molecule has 1 fully saturated rings. The van der Waals surface area contributed by atoms with Gasteiger partial charge in [-0.25, -0.2) is 4.98 Å². The van der Waals surface area contributed by atoms with Gasteiger partial charge in [0.05, 0.1) is 11.3 Å². The number of alkyl halides is 3. The third-order valence-corrected chi connectivity index (χ3v) is 6.90. The Balaban J connectivity index is 1.30. The van der Waals surface area contributed by atoms with Crippen molar-refractivity contribution < 1.29 is 27.5 Å². The molecule has 1 saturated carbocycles. The summed E-state index contributed by atoms with van der Waals surface area (Å²) in [6, 6.07) is 3.98. The third kappa shape index (κ3) is 5.57. The number of anilines is 3. The Morgan fingerprint density at radius 1 is 1.24 bits per heavy atom. The standard InChI is InChI=1S/C25H31F3N6O3/c1-13(2)21-23(36)31-20-14(3)29-24(32-22(20)34(21)5)30-16-10-17(11-16)33(4)19(35)12-37-18-8-6-15(7-9-18)25(26,27)28/h6-9,13,16-17,21H,10-12H2,1-5H3,(H,31,36)(H,29,30,32)/t16?,17?,21-/m0/s1. The topological polar surface area (TPSA) is 99.7 Å². The fourth-order valence-electron chi connectivity index (χ4n) is 4.67. The maximum atomic E-state index is 12.7. The number of ether oxygens (including phenoxy) is 1. The molecule has 1 aliphatic carbocycles. The van der Waals surface area contributed by atoms with E-state index in [0.717, 1.165) is 12.1 Å². The molecule has 2 aromatic rings. The van der Waals surface area contributed by atoms with E-state index in [1.54, 1.807) is 11.9 Å². The quantitative estimate of drug-likeness (QED) is 0.574. The zero-order valence-electron chi connectivity index (χ0n) is 21.4. The summed E-state index contributed by atoms with van der Waals surface area (Å²) in [6.07, 6.45) is -3.05. The monoisotopic (exact) mass is 520 g/mol. The average molecular weight is 521 g/mol. The van der Waals surface area contributed by atoms with Crippen molar-refractivity contribution >= 4 is 29.3 Å². The van der Waals surface area contributed by atoms with E-state index in [9.17, 15) is 22.8 Å². The van der Waals surface area contributed by atoms with Crippen molar-refractivity contribution in [3.05, 3.63) is 35.5 Å². The van der Waals surface area contributed by atoms with Gasteiger partial charge in [0, 0.05) is 26.2 Å². The molecule has 200 valence electrons. The number of nitrogens with zero attached hydrogens (tertiary/aromatic N) is 4. The minimum Gasteiger partial charge on any atom is -0.484 e. The van der Waals surface area contributed by atoms with Gasteiger partial charge >= 0.3 is 6.18 Å². The van der Waals surface area contributed by atoms with Crippen LogP contribution in [0.15, 0.2) is 24.3 Å². The van der Waals surface area contributed by atoms with Crippen LogP contribution in [-0.2, 0) is 15.8 Å². The number of hydrogen-bond acceptors (Lipinski definition) is 7. The number of fused-ring (bicyclic) bond motifs is 1. The van der Waals surface area contributed by atoms with Gasteiger partial charge in [-0.3, -0.25) is 9.59 Å². The molecule has 0 radical (unpaired) electrons. The number of rotatable bonds is 7. The molecule has 9 nitrogen and oxygen atoms in total. The fraction of sp³-hybridized carbons (Fsp3) is 0.520. The number of nitrogens with one attached hydrogen (secondary N) is 2. The van der Waals surface area contributed by atoms with Crippen molar-refractivity contribution in [1.82, 2.24) is 14.9 Å². The number of aryl methyl sites for hydroxylation is 1. The van der Waals surface area contributed by atoms with E-state index in [2.05, 4.69) is 20.6 Å². The van der Waals surface area contributed by atoms with Gasteiger partial charge in [-0.05, 0) is 49.9 Å². The third-order valence-electron chi connectivity index (χ3n) is 6.90. The van der Waals surface area contributed by atoms with Crippen LogP contribution in [0.1, 0.15) is 37.9 Å². The van der Waals surface area contributed by atoms with Gasteiger partial charge in [-0.2, -0.15) is 18.2 Å². The van der Waals surface area contributed by atoms with Crippen LogP contribution < -0.4 is 20.3 Å². The normalized spacial score (nSPS) is 21.2. The highest BCUT2D eigenvalue weighted by Gasteiger charge is 2.37. The van der Waals surface area contributed by atoms with Crippen LogP contribution >= 0.6 is 0 Å². The maximum absolute atomic E-state index is 12.7. The number of hydrogen-bond donors (Lipinski definition) is 2. The van der Waals surface area contributed by atoms with E-state index < -0.39 is 11.7 Å². The van der Waals surface area contributed by atoms with Gasteiger partial charge < -0.3 is 25.2 Å². The molecular weight excluding hydrogens is 489 g/mol. The van der Waals surface area contributed by atoms with Crippen molar-refractivity contribution in [2.24, 2.45) is 5.92 Å². The zero-order chi connectivity index (χ0) is 27.1. The van der Waals surface area contributed by atoms with Gasteiger partial charge in [0.2, 0.25) is 11.9 Å². The summed E-state index contributed by atoms with van der Waals surface area (Å²) in [5, 5.41) is 6.25. The number of carbonyl (C=O) groups excluding carboxylic acids is 2. The lowest BCUT2D eigenvalue weighted by atomic mass is 9.85. The predicted octanol–water partition coefficient (Wildman–Crippen LogP) is 3.70. The SMILES string of the molecule is Cc1nc(NC2CC(N(C)C(=O)COc3ccc(C(F)(F)F)cc3)C2)nc2c1NC(=O)[C@H](C(C)C)N2C. The highest BCUT2D eigenvalue weighted by atomic mass is 19.4. The molecule has 2 amide bonds. The predicted molar refractivity (Wildman–Crippen MR) is 133 cm³/mol. The minimum atomic E-state index is -4.42. The second kappa shape index (κ2) is 10.1. The smallest absolute Gasteiger partial charge is 0.416 e. The Labute approximate surface area is 213 Å². The Hall–Kier alpha value is -3.57. The molecule has 0 spiro atoms. The van der Waals surface area contributed by atoms with Gasteiger partial charge in [-0.15, -0.1) is 0 Å². The Morgan fingerprint density at radius 3 is 2.49 bits per heavy atom. The summed E-state index contributed by atoms with van der Waals surface area (Å²) in [4.78, 5) is 37.7. The first-order valence-corrected chi connectivity index (χ1v) is 12.1. The van der Waals surface area contributed by atoms with Crippen LogP contribution in [0.3, 0.4) is 0 Å². The van der Waals surface area contributed by atoms with E-state index in [1.165, 1.54) is 12.1 Å². The van der Waals surface area contributed by atoms with Gasteiger partial charge in [-0.1, -0.05) is 13.8 Å². The molecule has 2 heterocycles. The number of aromatic nitrogens is 2. The van der Waals surface area contributed by atoms with E-state index in [0.29, 0.717) is 36.0 Å². The first kappa shape index (κ1) is 26.5. The highest BCUT2D eigenvalue weighted by molar-refractivity contribution is 6.03. The molecule has 1 aromatic carbocycles. The maximum Gasteiger partial charge on any atom is 0.416 e. The van der Waals surface area contributed by atoms with Crippen LogP contribution in [0, 0.1) is 12.8 Å². The number of halogens is 3. The van der Waals surface area contributed by atoms with E-state index >= 15 is 0 Å². The summed E-state index contributed by atoms with van der Waals surface area (Å²) in [6.45, 7) is 5.53. The molecule has 1 aromatic heterocycles. The van der Waals surface area contributed by atoms with Gasteiger partial charge in [0.1, 0.15) is 17.5 Å². The number of carbonyl (C=O) groups is 2. The summed E-state index contributed by atoms with van der Waals surface area (Å²) in [7, 11) is 3.54. The van der Waals surface area contributed by atoms with Crippen molar-refractivity contribution in [2.75, 3.05) is 36.2 Å². The van der Waals surface area contributed by atoms with Crippen LogP contribution in [-0.4, -0.2) is 65.5 Å². The van der Waals surface area contributed by atoms with Crippen LogP contribution in [0.4, 0.5) is 30.6 Å². The molecule has 1 aliphatic heterocycles. The number of likely N-dealkylation sites (N-methyl/N-ethyl adjacent to an activating group) is 2. The van der Waals surface area contributed by atoms with E-state index in [-0.39, 0.29) is 48.2 Å². The largest absolute Gasteiger partial charge is 0.484 e. The minimum absolute atomic E-state index is 0.00721. The second-order valence-corrected chi connectivity index (χ2v) is 9.90. The lowest BCUT2D eigenvalue weighted by molar-refractivity contribution is -0.138. The summed E-state index contributed by atoms with van der Waals surface area (Å²) in [5.74, 6) is 1.09. The van der Waals surface area contributed by atoms with Crippen LogP contribution in [0.2, 0.25) is 0 Å².